The van der Waals surface area contributed by atoms with Gasteiger partial charge in [-0.2, -0.15) is 0 Å². The molecule has 0 saturated carbocycles. The van der Waals surface area contributed by atoms with Crippen molar-refractivity contribution in [3.05, 3.63) is 60.4 Å². The van der Waals surface area contributed by atoms with Crippen molar-refractivity contribution in [3.63, 3.8) is 0 Å². The highest BCUT2D eigenvalue weighted by Gasteiger charge is 2.16. The van der Waals surface area contributed by atoms with E-state index in [1.807, 2.05) is 73.3 Å². The van der Waals surface area contributed by atoms with Crippen LogP contribution in [0.3, 0.4) is 0 Å². The van der Waals surface area contributed by atoms with Crippen molar-refractivity contribution in [1.82, 2.24) is 19.8 Å². The molecule has 1 heterocycles. The number of likely N-dealkylation sites (N-methyl/N-ethyl adjacent to an activating group) is 2. The van der Waals surface area contributed by atoms with E-state index in [0.29, 0.717) is 13.2 Å². The van der Waals surface area contributed by atoms with E-state index in [1.165, 1.54) is 0 Å². The number of aromatic nitrogens is 2. The van der Waals surface area contributed by atoms with Gasteiger partial charge in [-0.3, -0.25) is 4.79 Å². The van der Waals surface area contributed by atoms with Crippen LogP contribution in [0.5, 0.6) is 5.75 Å². The summed E-state index contributed by atoms with van der Waals surface area (Å²) in [5.74, 6) is 1.57. The van der Waals surface area contributed by atoms with Crippen molar-refractivity contribution in [2.24, 2.45) is 0 Å². The Morgan fingerprint density at radius 3 is 2.65 bits per heavy atom. The number of benzene rings is 2. The van der Waals surface area contributed by atoms with Gasteiger partial charge in [0.05, 0.1) is 11.0 Å². The molecule has 6 nitrogen and oxygen atoms in total. The normalized spacial score (nSPS) is 10.8. The standard InChI is InChI=1S/C20H24N4O2/c1-21-12-13-23(2)20(25)14-24-18-11-7-6-10-17(18)22-19(24)15-26-16-8-4-3-5-9-16/h3-11,21H,12-15H2,1-2H3. The van der Waals surface area contributed by atoms with Gasteiger partial charge in [0.1, 0.15) is 24.7 Å². The molecular weight excluding hydrogens is 328 g/mol. The molecule has 1 aromatic heterocycles. The van der Waals surface area contributed by atoms with Crippen molar-refractivity contribution in [1.29, 1.82) is 0 Å². The maximum atomic E-state index is 12.6. The minimum Gasteiger partial charge on any atom is -0.486 e. The molecule has 26 heavy (non-hydrogen) atoms. The molecule has 0 saturated heterocycles. The number of ether oxygens (including phenoxy) is 1. The Bertz CT molecular complexity index is 861. The number of amides is 1. The molecule has 3 rings (SSSR count). The third-order valence-electron chi connectivity index (χ3n) is 4.26. The third-order valence-corrected chi connectivity index (χ3v) is 4.26. The molecule has 0 radical (unpaired) electrons. The van der Waals surface area contributed by atoms with E-state index in [2.05, 4.69) is 10.3 Å². The van der Waals surface area contributed by atoms with Crippen molar-refractivity contribution in [3.8, 4) is 5.75 Å². The smallest absolute Gasteiger partial charge is 0.242 e. The maximum absolute atomic E-state index is 12.6. The molecule has 0 atom stereocenters. The summed E-state index contributed by atoms with van der Waals surface area (Å²) in [6.45, 7) is 1.98. The van der Waals surface area contributed by atoms with Crippen LogP contribution in [0, 0.1) is 0 Å². The second kappa shape index (κ2) is 8.49. The molecule has 0 spiro atoms. The van der Waals surface area contributed by atoms with Gasteiger partial charge in [-0.1, -0.05) is 30.3 Å². The first-order valence-corrected chi connectivity index (χ1v) is 8.69. The lowest BCUT2D eigenvalue weighted by molar-refractivity contribution is -0.130. The fourth-order valence-electron chi connectivity index (χ4n) is 2.74. The SMILES string of the molecule is CNCCN(C)C(=O)Cn1c(COc2ccccc2)nc2ccccc21. The van der Waals surface area contributed by atoms with Crippen molar-refractivity contribution in [2.75, 3.05) is 27.2 Å². The highest BCUT2D eigenvalue weighted by Crippen LogP contribution is 2.18. The fourth-order valence-corrected chi connectivity index (χ4v) is 2.74. The minimum atomic E-state index is 0.0457. The van der Waals surface area contributed by atoms with Gasteiger partial charge in [-0.25, -0.2) is 4.98 Å². The zero-order valence-corrected chi connectivity index (χ0v) is 15.2. The van der Waals surface area contributed by atoms with Crippen LogP contribution in [0.25, 0.3) is 11.0 Å². The number of para-hydroxylation sites is 3. The van der Waals surface area contributed by atoms with Crippen LogP contribution in [-0.4, -0.2) is 47.5 Å². The Labute approximate surface area is 153 Å². The summed E-state index contributed by atoms with van der Waals surface area (Å²) in [5, 5.41) is 3.06. The number of fused-ring (bicyclic) bond motifs is 1. The van der Waals surface area contributed by atoms with Gasteiger partial charge in [-0.05, 0) is 31.3 Å². The van der Waals surface area contributed by atoms with Crippen LogP contribution in [0.2, 0.25) is 0 Å². The first-order chi connectivity index (χ1) is 12.7. The Hall–Kier alpha value is -2.86. The van der Waals surface area contributed by atoms with E-state index in [1.54, 1.807) is 4.90 Å². The second-order valence-electron chi connectivity index (χ2n) is 6.12. The molecule has 0 fully saturated rings. The third kappa shape index (κ3) is 4.21. The van der Waals surface area contributed by atoms with Crippen molar-refractivity contribution >= 4 is 16.9 Å². The quantitative estimate of drug-likeness (QED) is 0.676. The molecule has 136 valence electrons. The Kier molecular flexibility index (Phi) is 5.86. The number of imidazole rings is 1. The van der Waals surface area contributed by atoms with Gasteiger partial charge >= 0.3 is 0 Å². The van der Waals surface area contributed by atoms with E-state index >= 15 is 0 Å². The Morgan fingerprint density at radius 2 is 1.88 bits per heavy atom. The average molecular weight is 352 g/mol. The lowest BCUT2D eigenvalue weighted by atomic mass is 10.3. The van der Waals surface area contributed by atoms with E-state index in [0.717, 1.165) is 29.2 Å². The molecule has 2 aromatic carbocycles. The van der Waals surface area contributed by atoms with E-state index in [9.17, 15) is 4.79 Å². The predicted octanol–water partition coefficient (Wildman–Crippen LogP) is 2.29. The maximum Gasteiger partial charge on any atom is 0.242 e. The summed E-state index contributed by atoms with van der Waals surface area (Å²) >= 11 is 0. The first kappa shape index (κ1) is 17.9. The first-order valence-electron chi connectivity index (χ1n) is 8.69. The number of carbonyl (C=O) groups excluding carboxylic acids is 1. The van der Waals surface area contributed by atoms with E-state index in [-0.39, 0.29) is 12.5 Å². The number of nitrogens with zero attached hydrogens (tertiary/aromatic N) is 3. The van der Waals surface area contributed by atoms with Crippen LogP contribution in [0.15, 0.2) is 54.6 Å². The van der Waals surface area contributed by atoms with Gasteiger partial charge in [0, 0.05) is 20.1 Å². The molecule has 0 aliphatic rings. The Morgan fingerprint density at radius 1 is 1.15 bits per heavy atom. The summed E-state index contributed by atoms with van der Waals surface area (Å²) < 4.78 is 7.79. The molecule has 1 amide bonds. The van der Waals surface area contributed by atoms with Gasteiger partial charge in [-0.15, -0.1) is 0 Å². The summed E-state index contributed by atoms with van der Waals surface area (Å²) in [4.78, 5) is 19.0. The van der Waals surface area contributed by atoms with Gasteiger partial charge in [0.25, 0.3) is 0 Å². The summed E-state index contributed by atoms with van der Waals surface area (Å²) in [7, 11) is 3.69. The Balaban J connectivity index is 1.81. The van der Waals surface area contributed by atoms with Crippen LogP contribution in [0.4, 0.5) is 0 Å². The number of rotatable bonds is 8. The monoisotopic (exact) mass is 352 g/mol. The average Bonchev–Trinajstić information content (AvgIpc) is 3.02. The van der Waals surface area contributed by atoms with Crippen LogP contribution >= 0.6 is 0 Å². The predicted molar refractivity (Wildman–Crippen MR) is 102 cm³/mol. The minimum absolute atomic E-state index is 0.0457. The molecule has 1 N–H and O–H groups in total. The molecule has 6 heteroatoms. The molecule has 0 aliphatic carbocycles. The molecule has 3 aromatic rings. The number of nitrogens with one attached hydrogen (secondary N) is 1. The largest absolute Gasteiger partial charge is 0.486 e. The van der Waals surface area contributed by atoms with Crippen molar-refractivity contribution < 1.29 is 9.53 Å². The lowest BCUT2D eigenvalue weighted by Crippen LogP contribution is -2.35. The highest BCUT2D eigenvalue weighted by molar-refractivity contribution is 5.81. The summed E-state index contributed by atoms with van der Waals surface area (Å²) in [5.41, 5.74) is 1.80. The van der Waals surface area contributed by atoms with Crippen LogP contribution in [-0.2, 0) is 17.9 Å². The number of hydrogen-bond acceptors (Lipinski definition) is 4. The van der Waals surface area contributed by atoms with E-state index in [4.69, 9.17) is 4.74 Å². The summed E-state index contributed by atoms with van der Waals surface area (Å²) in [6.07, 6.45) is 0. The second-order valence-corrected chi connectivity index (χ2v) is 6.12. The lowest BCUT2D eigenvalue weighted by Gasteiger charge is -2.18. The van der Waals surface area contributed by atoms with Gasteiger partial charge < -0.3 is 19.5 Å². The number of carbonyl (C=O) groups is 1. The fraction of sp³-hybridized carbons (Fsp3) is 0.300. The molecule has 0 unspecified atom stereocenters. The zero-order valence-electron chi connectivity index (χ0n) is 15.2. The summed E-state index contributed by atoms with van der Waals surface area (Å²) in [6, 6.07) is 17.5. The van der Waals surface area contributed by atoms with Crippen molar-refractivity contribution in [2.45, 2.75) is 13.2 Å². The molecule has 0 aliphatic heterocycles. The topological polar surface area (TPSA) is 59.4 Å². The molecule has 0 bridgehead atoms. The van der Waals surface area contributed by atoms with Crippen LogP contribution in [0.1, 0.15) is 5.82 Å². The van der Waals surface area contributed by atoms with Gasteiger partial charge in [0.2, 0.25) is 5.91 Å². The molecular formula is C20H24N4O2. The van der Waals surface area contributed by atoms with Crippen LogP contribution < -0.4 is 10.1 Å². The highest BCUT2D eigenvalue weighted by atomic mass is 16.5. The van der Waals surface area contributed by atoms with E-state index < -0.39 is 0 Å². The number of hydrogen-bond donors (Lipinski definition) is 1. The zero-order chi connectivity index (χ0) is 18.4. The van der Waals surface area contributed by atoms with Gasteiger partial charge in [0.15, 0.2) is 0 Å².